The molecule has 1 saturated heterocycles. The summed E-state index contributed by atoms with van der Waals surface area (Å²) in [5.41, 5.74) is 0. The highest BCUT2D eigenvalue weighted by Crippen LogP contribution is 1.94. The lowest BCUT2D eigenvalue weighted by Gasteiger charge is -2.21. The molecule has 1 heterocycles. The molecule has 1 aliphatic heterocycles. The van der Waals surface area contributed by atoms with Gasteiger partial charge in [0.05, 0.1) is 12.7 Å². The van der Waals surface area contributed by atoms with Gasteiger partial charge in [-0.15, -0.1) is 0 Å². The van der Waals surface area contributed by atoms with E-state index >= 15 is 0 Å². The molecule has 57 valence electrons. The molecule has 4 heteroatoms. The highest BCUT2D eigenvalue weighted by atomic mass is 16.2. The summed E-state index contributed by atoms with van der Waals surface area (Å²) in [6.45, 7) is 1.41. The van der Waals surface area contributed by atoms with Crippen LogP contribution in [0.2, 0.25) is 0 Å². The lowest BCUT2D eigenvalue weighted by Crippen LogP contribution is -2.49. The summed E-state index contributed by atoms with van der Waals surface area (Å²) in [5, 5.41) is 9.64. The van der Waals surface area contributed by atoms with E-state index in [1.165, 1.54) is 0 Å². The maximum atomic E-state index is 11.0. The first-order valence-corrected chi connectivity index (χ1v) is 3.43. The van der Waals surface area contributed by atoms with Crippen LogP contribution >= 0.6 is 0 Å². The number of likely N-dealkylation sites (N-methyl/N-ethyl adjacent to an activating group) is 1. The Morgan fingerprint density at radius 1 is 1.80 bits per heavy atom. The second kappa shape index (κ2) is 3.53. The average molecular weight is 142 g/mol. The van der Waals surface area contributed by atoms with Gasteiger partial charge >= 0.3 is 0 Å². The van der Waals surface area contributed by atoms with Crippen molar-refractivity contribution in [2.45, 2.75) is 12.5 Å². The Morgan fingerprint density at radius 2 is 2.60 bits per heavy atom. The third-order valence-electron chi connectivity index (χ3n) is 1.59. The van der Waals surface area contributed by atoms with Crippen LogP contribution in [0.15, 0.2) is 0 Å². The van der Waals surface area contributed by atoms with E-state index in [9.17, 15) is 4.79 Å². The quantitative estimate of drug-likeness (QED) is 0.476. The number of carbonyl (C=O) groups is 1. The predicted octanol–water partition coefficient (Wildman–Crippen LogP) is -1.34. The third kappa shape index (κ3) is 1.68. The SMILES string of the molecule is CNC(=O)C1CC[N]CN1. The van der Waals surface area contributed by atoms with Crippen LogP contribution in [0.4, 0.5) is 0 Å². The van der Waals surface area contributed by atoms with Crippen LogP contribution in [-0.4, -0.2) is 32.2 Å². The molecule has 0 aliphatic carbocycles. The zero-order valence-electron chi connectivity index (χ0n) is 6.05. The van der Waals surface area contributed by atoms with E-state index in [0.717, 1.165) is 13.0 Å². The molecule has 1 unspecified atom stereocenters. The van der Waals surface area contributed by atoms with Crippen molar-refractivity contribution in [3.63, 3.8) is 0 Å². The lowest BCUT2D eigenvalue weighted by molar-refractivity contribution is -0.123. The molecule has 1 fully saturated rings. The van der Waals surface area contributed by atoms with E-state index in [0.29, 0.717) is 6.67 Å². The van der Waals surface area contributed by atoms with Crippen molar-refractivity contribution in [1.82, 2.24) is 16.0 Å². The average Bonchev–Trinajstić information content (AvgIpc) is 2.05. The first-order chi connectivity index (χ1) is 4.84. The molecular weight excluding hydrogens is 130 g/mol. The molecule has 0 spiro atoms. The summed E-state index contributed by atoms with van der Waals surface area (Å²) in [7, 11) is 1.65. The van der Waals surface area contributed by atoms with Gasteiger partial charge in [0.25, 0.3) is 0 Å². The summed E-state index contributed by atoms with van der Waals surface area (Å²) in [6.07, 6.45) is 0.819. The highest BCUT2D eigenvalue weighted by molar-refractivity contribution is 5.81. The van der Waals surface area contributed by atoms with Crippen molar-refractivity contribution in [2.75, 3.05) is 20.3 Å². The van der Waals surface area contributed by atoms with Gasteiger partial charge < -0.3 is 5.32 Å². The molecule has 0 bridgehead atoms. The van der Waals surface area contributed by atoms with E-state index in [2.05, 4.69) is 16.0 Å². The zero-order valence-corrected chi connectivity index (χ0v) is 6.05. The molecule has 0 aromatic carbocycles. The molecule has 1 rings (SSSR count). The molecule has 0 aromatic rings. The Hall–Kier alpha value is -0.610. The normalized spacial score (nSPS) is 25.9. The van der Waals surface area contributed by atoms with E-state index in [-0.39, 0.29) is 11.9 Å². The van der Waals surface area contributed by atoms with Crippen LogP contribution in [0, 0.1) is 0 Å². The lowest BCUT2D eigenvalue weighted by atomic mass is 10.1. The van der Waals surface area contributed by atoms with Crippen molar-refractivity contribution in [3.05, 3.63) is 0 Å². The smallest absolute Gasteiger partial charge is 0.236 e. The molecule has 1 amide bonds. The van der Waals surface area contributed by atoms with Gasteiger partial charge in [-0.3, -0.25) is 10.1 Å². The Morgan fingerprint density at radius 3 is 3.10 bits per heavy atom. The first-order valence-electron chi connectivity index (χ1n) is 3.43. The highest BCUT2D eigenvalue weighted by Gasteiger charge is 2.18. The van der Waals surface area contributed by atoms with Crippen molar-refractivity contribution in [2.24, 2.45) is 0 Å². The molecule has 1 aliphatic rings. The molecule has 1 atom stereocenters. The first kappa shape index (κ1) is 7.50. The number of carbonyl (C=O) groups excluding carboxylic acids is 1. The Bertz CT molecular complexity index is 120. The number of nitrogens with zero attached hydrogens (tertiary/aromatic N) is 1. The number of amides is 1. The number of nitrogens with one attached hydrogen (secondary N) is 2. The Kier molecular flexibility index (Phi) is 2.65. The van der Waals surface area contributed by atoms with Gasteiger partial charge in [-0.25, -0.2) is 5.32 Å². The maximum absolute atomic E-state index is 11.0. The van der Waals surface area contributed by atoms with Gasteiger partial charge in [-0.2, -0.15) is 0 Å². The van der Waals surface area contributed by atoms with E-state index in [4.69, 9.17) is 0 Å². The van der Waals surface area contributed by atoms with Crippen LogP contribution in [0.1, 0.15) is 6.42 Å². The van der Waals surface area contributed by atoms with Crippen molar-refractivity contribution >= 4 is 5.91 Å². The minimum atomic E-state index is -0.0255. The van der Waals surface area contributed by atoms with Crippen molar-refractivity contribution in [1.29, 1.82) is 0 Å². The molecule has 10 heavy (non-hydrogen) atoms. The van der Waals surface area contributed by atoms with Crippen LogP contribution in [0.5, 0.6) is 0 Å². The largest absolute Gasteiger partial charge is 0.358 e. The van der Waals surface area contributed by atoms with Crippen LogP contribution in [-0.2, 0) is 4.79 Å². The van der Waals surface area contributed by atoms with Crippen molar-refractivity contribution < 1.29 is 4.79 Å². The monoisotopic (exact) mass is 142 g/mol. The topological polar surface area (TPSA) is 55.2 Å². The second-order valence-electron chi connectivity index (χ2n) is 2.26. The standard InChI is InChI=1S/C6H12N3O/c1-7-6(10)5-2-3-8-4-9-5/h5,9H,2-4H2,1H3,(H,7,10). The van der Waals surface area contributed by atoms with Crippen LogP contribution in [0.3, 0.4) is 0 Å². The Labute approximate surface area is 60.4 Å². The van der Waals surface area contributed by atoms with E-state index in [1.54, 1.807) is 7.05 Å². The molecule has 0 saturated carbocycles. The van der Waals surface area contributed by atoms with Crippen molar-refractivity contribution in [3.8, 4) is 0 Å². The van der Waals surface area contributed by atoms with E-state index < -0.39 is 0 Å². The molecule has 0 aromatic heterocycles. The molecule has 2 N–H and O–H groups in total. The van der Waals surface area contributed by atoms with Gasteiger partial charge in [0, 0.05) is 13.6 Å². The number of rotatable bonds is 1. The molecule has 4 nitrogen and oxygen atoms in total. The fourth-order valence-corrected chi connectivity index (χ4v) is 0.974. The van der Waals surface area contributed by atoms with Gasteiger partial charge in [-0.1, -0.05) is 0 Å². The number of hydrogen-bond donors (Lipinski definition) is 2. The third-order valence-corrected chi connectivity index (χ3v) is 1.59. The predicted molar refractivity (Wildman–Crippen MR) is 37.5 cm³/mol. The second-order valence-corrected chi connectivity index (χ2v) is 2.26. The van der Waals surface area contributed by atoms with Gasteiger partial charge in [-0.05, 0) is 6.42 Å². The number of hydrogen-bond acceptors (Lipinski definition) is 2. The minimum absolute atomic E-state index is 0.0255. The molecule has 1 radical (unpaired) electrons. The minimum Gasteiger partial charge on any atom is -0.358 e. The van der Waals surface area contributed by atoms with Gasteiger partial charge in [0.1, 0.15) is 0 Å². The summed E-state index contributed by atoms with van der Waals surface area (Å²) in [6, 6.07) is -0.0255. The van der Waals surface area contributed by atoms with E-state index in [1.807, 2.05) is 0 Å². The summed E-state index contributed by atoms with van der Waals surface area (Å²) >= 11 is 0. The summed E-state index contributed by atoms with van der Waals surface area (Å²) < 4.78 is 0. The Balaban J connectivity index is 2.31. The zero-order chi connectivity index (χ0) is 7.40. The molecular formula is C6H12N3O. The fourth-order valence-electron chi connectivity index (χ4n) is 0.974. The fraction of sp³-hybridized carbons (Fsp3) is 0.833. The summed E-state index contributed by atoms with van der Waals surface area (Å²) in [4.78, 5) is 11.0. The maximum Gasteiger partial charge on any atom is 0.236 e. The van der Waals surface area contributed by atoms with Crippen LogP contribution in [0.25, 0.3) is 0 Å². The summed E-state index contributed by atoms with van der Waals surface area (Å²) in [5.74, 6) is 0.0647. The van der Waals surface area contributed by atoms with Crippen LogP contribution < -0.4 is 16.0 Å². The van der Waals surface area contributed by atoms with Gasteiger partial charge in [0.2, 0.25) is 5.91 Å². The van der Waals surface area contributed by atoms with Gasteiger partial charge in [0.15, 0.2) is 0 Å².